The number of hydrogen-bond donors (Lipinski definition) is 1. The van der Waals surface area contributed by atoms with Crippen molar-refractivity contribution in [2.75, 3.05) is 6.54 Å². The normalized spacial score (nSPS) is 18.9. The number of hydrogen-bond acceptors (Lipinski definition) is 1. The molecule has 1 nitrogen and oxygen atoms in total. The molecule has 1 unspecified atom stereocenters. The predicted molar refractivity (Wildman–Crippen MR) is 60.2 cm³/mol. The summed E-state index contributed by atoms with van der Waals surface area (Å²) in [4.78, 5) is 0. The van der Waals surface area contributed by atoms with Gasteiger partial charge in [-0.25, -0.2) is 0 Å². The molecule has 1 aromatic carbocycles. The van der Waals surface area contributed by atoms with Crippen molar-refractivity contribution >= 4 is 0 Å². The summed E-state index contributed by atoms with van der Waals surface area (Å²) in [6.45, 7) is 0.792. The number of benzene rings is 1. The molecule has 1 aromatic rings. The van der Waals surface area contributed by atoms with E-state index in [-0.39, 0.29) is 0 Å². The summed E-state index contributed by atoms with van der Waals surface area (Å²) in [6.07, 6.45) is 5.56. The van der Waals surface area contributed by atoms with E-state index >= 15 is 0 Å². The third kappa shape index (κ3) is 2.16. The van der Waals surface area contributed by atoms with E-state index in [0.717, 1.165) is 12.5 Å². The average molecular weight is 189 g/mol. The van der Waals surface area contributed by atoms with Crippen molar-refractivity contribution in [1.29, 1.82) is 0 Å². The molecule has 2 N–H and O–H groups in total. The van der Waals surface area contributed by atoms with Crippen LogP contribution in [-0.4, -0.2) is 6.54 Å². The van der Waals surface area contributed by atoms with Crippen LogP contribution in [0, 0.1) is 5.92 Å². The van der Waals surface area contributed by atoms with Gasteiger partial charge in [0.05, 0.1) is 0 Å². The van der Waals surface area contributed by atoms with Crippen LogP contribution in [-0.2, 0) is 0 Å². The molecule has 0 radical (unpaired) electrons. The second kappa shape index (κ2) is 4.61. The van der Waals surface area contributed by atoms with Gasteiger partial charge in [-0.15, -0.1) is 0 Å². The maximum atomic E-state index is 5.83. The first kappa shape index (κ1) is 9.72. The van der Waals surface area contributed by atoms with E-state index in [1.54, 1.807) is 0 Å². The number of nitrogens with two attached hydrogens (primary N) is 1. The molecule has 0 aromatic heterocycles. The molecule has 0 heterocycles. The van der Waals surface area contributed by atoms with E-state index in [1.165, 1.54) is 31.2 Å². The van der Waals surface area contributed by atoms with E-state index in [2.05, 4.69) is 30.3 Å². The largest absolute Gasteiger partial charge is 0.330 e. The van der Waals surface area contributed by atoms with Crippen LogP contribution < -0.4 is 5.73 Å². The highest BCUT2D eigenvalue weighted by molar-refractivity contribution is 5.19. The molecule has 1 aliphatic carbocycles. The van der Waals surface area contributed by atoms with Gasteiger partial charge in [-0.05, 0) is 30.4 Å². The van der Waals surface area contributed by atoms with Crippen molar-refractivity contribution in [2.45, 2.75) is 31.6 Å². The summed E-state index contributed by atoms with van der Waals surface area (Å²) < 4.78 is 0. The van der Waals surface area contributed by atoms with Gasteiger partial charge in [0, 0.05) is 0 Å². The third-order valence-electron chi connectivity index (χ3n) is 3.40. The first-order valence-corrected chi connectivity index (χ1v) is 5.65. The van der Waals surface area contributed by atoms with Gasteiger partial charge in [0.1, 0.15) is 0 Å². The van der Waals surface area contributed by atoms with Crippen molar-refractivity contribution in [3.8, 4) is 0 Å². The zero-order chi connectivity index (χ0) is 9.80. The molecule has 1 aliphatic rings. The second-order valence-corrected chi connectivity index (χ2v) is 4.38. The van der Waals surface area contributed by atoms with Crippen molar-refractivity contribution < 1.29 is 0 Å². The minimum atomic E-state index is 0.585. The summed E-state index contributed by atoms with van der Waals surface area (Å²) in [7, 11) is 0. The Labute approximate surface area is 86.3 Å². The van der Waals surface area contributed by atoms with E-state index in [1.807, 2.05) is 0 Å². The molecule has 0 aliphatic heterocycles. The molecular formula is C13H19N. The molecular weight excluding hydrogens is 170 g/mol. The molecule has 0 bridgehead atoms. The van der Waals surface area contributed by atoms with Crippen LogP contribution in [0.25, 0.3) is 0 Å². The van der Waals surface area contributed by atoms with Gasteiger partial charge >= 0.3 is 0 Å². The highest BCUT2D eigenvalue weighted by Crippen LogP contribution is 2.35. The molecule has 1 saturated carbocycles. The summed E-state index contributed by atoms with van der Waals surface area (Å²) in [6, 6.07) is 10.7. The molecule has 0 spiro atoms. The first-order chi connectivity index (χ1) is 6.90. The summed E-state index contributed by atoms with van der Waals surface area (Å²) in [5, 5.41) is 0. The van der Waals surface area contributed by atoms with Crippen LogP contribution in [0.5, 0.6) is 0 Å². The lowest BCUT2D eigenvalue weighted by Crippen LogP contribution is -2.20. The highest BCUT2D eigenvalue weighted by Gasteiger charge is 2.21. The smallest absolute Gasteiger partial charge is 0.000813 e. The van der Waals surface area contributed by atoms with Crippen LogP contribution in [0.15, 0.2) is 30.3 Å². The highest BCUT2D eigenvalue weighted by atomic mass is 14.5. The zero-order valence-electron chi connectivity index (χ0n) is 8.65. The van der Waals surface area contributed by atoms with E-state index in [9.17, 15) is 0 Å². The lowest BCUT2D eigenvalue weighted by molar-refractivity contribution is 0.277. The summed E-state index contributed by atoms with van der Waals surface area (Å²) >= 11 is 0. The molecule has 1 atom stereocenters. The Morgan fingerprint density at radius 2 is 1.93 bits per heavy atom. The first-order valence-electron chi connectivity index (χ1n) is 5.65. The summed E-state index contributed by atoms with van der Waals surface area (Å²) in [5.41, 5.74) is 7.25. The Morgan fingerprint density at radius 1 is 1.21 bits per heavy atom. The topological polar surface area (TPSA) is 26.0 Å². The fourth-order valence-corrected chi connectivity index (χ4v) is 2.22. The Kier molecular flexibility index (Phi) is 3.20. The quantitative estimate of drug-likeness (QED) is 0.774. The van der Waals surface area contributed by atoms with Gasteiger partial charge in [-0.2, -0.15) is 0 Å². The van der Waals surface area contributed by atoms with Crippen LogP contribution in [0.3, 0.4) is 0 Å². The van der Waals surface area contributed by atoms with Crippen molar-refractivity contribution in [1.82, 2.24) is 0 Å². The monoisotopic (exact) mass is 189 g/mol. The molecule has 0 saturated heterocycles. The predicted octanol–water partition coefficient (Wildman–Crippen LogP) is 2.92. The van der Waals surface area contributed by atoms with Crippen LogP contribution in [0.4, 0.5) is 0 Å². The molecule has 2 rings (SSSR count). The SMILES string of the molecule is NCC(CC1CCC1)c1ccccc1. The lowest BCUT2D eigenvalue weighted by atomic mass is 9.77. The van der Waals surface area contributed by atoms with Gasteiger partial charge in [-0.1, -0.05) is 49.6 Å². The van der Waals surface area contributed by atoms with Gasteiger partial charge in [0.25, 0.3) is 0 Å². The van der Waals surface area contributed by atoms with Gasteiger partial charge in [0.15, 0.2) is 0 Å². The molecule has 0 amide bonds. The molecule has 1 heteroatoms. The van der Waals surface area contributed by atoms with Crippen molar-refractivity contribution in [2.24, 2.45) is 11.7 Å². The van der Waals surface area contributed by atoms with E-state index in [4.69, 9.17) is 5.73 Å². The Hall–Kier alpha value is -0.820. The van der Waals surface area contributed by atoms with Crippen LogP contribution in [0.2, 0.25) is 0 Å². The number of rotatable bonds is 4. The second-order valence-electron chi connectivity index (χ2n) is 4.38. The van der Waals surface area contributed by atoms with Gasteiger partial charge in [-0.3, -0.25) is 0 Å². The van der Waals surface area contributed by atoms with Gasteiger partial charge in [0.2, 0.25) is 0 Å². The zero-order valence-corrected chi connectivity index (χ0v) is 8.65. The van der Waals surface area contributed by atoms with Crippen molar-refractivity contribution in [3.05, 3.63) is 35.9 Å². The fourth-order valence-electron chi connectivity index (χ4n) is 2.22. The standard InChI is InChI=1S/C13H19N/c14-10-13(9-11-5-4-6-11)12-7-2-1-3-8-12/h1-3,7-8,11,13H,4-6,9-10,14H2. The maximum absolute atomic E-state index is 5.83. The Bertz CT molecular complexity index is 264. The van der Waals surface area contributed by atoms with Gasteiger partial charge < -0.3 is 5.73 Å². The maximum Gasteiger partial charge on any atom is -0.000813 e. The average Bonchev–Trinajstić information content (AvgIpc) is 2.18. The van der Waals surface area contributed by atoms with Crippen molar-refractivity contribution in [3.63, 3.8) is 0 Å². The fraction of sp³-hybridized carbons (Fsp3) is 0.538. The van der Waals surface area contributed by atoms with Crippen LogP contribution >= 0.6 is 0 Å². The molecule has 76 valence electrons. The minimum absolute atomic E-state index is 0.585. The minimum Gasteiger partial charge on any atom is -0.330 e. The summed E-state index contributed by atoms with van der Waals surface area (Å²) in [5.74, 6) is 1.53. The van der Waals surface area contributed by atoms with E-state index in [0.29, 0.717) is 5.92 Å². The van der Waals surface area contributed by atoms with Crippen LogP contribution in [0.1, 0.15) is 37.2 Å². The molecule has 14 heavy (non-hydrogen) atoms. The third-order valence-corrected chi connectivity index (χ3v) is 3.40. The lowest BCUT2D eigenvalue weighted by Gasteiger charge is -2.29. The van der Waals surface area contributed by atoms with E-state index < -0.39 is 0 Å². The Morgan fingerprint density at radius 3 is 2.43 bits per heavy atom. The Balaban J connectivity index is 1.98. The molecule has 1 fully saturated rings.